The number of rotatable bonds is 8. The lowest BCUT2D eigenvalue weighted by molar-refractivity contribution is 0.400. The second kappa shape index (κ2) is 8.49. The summed E-state index contributed by atoms with van der Waals surface area (Å²) in [5.74, 6) is 0.914. The van der Waals surface area contributed by atoms with Crippen LogP contribution in [0, 0.1) is 5.82 Å². The van der Waals surface area contributed by atoms with Gasteiger partial charge in [-0.1, -0.05) is 0 Å². The summed E-state index contributed by atoms with van der Waals surface area (Å²) in [7, 11) is -2.56. The van der Waals surface area contributed by atoms with Crippen molar-refractivity contribution >= 4 is 21.7 Å². The fourth-order valence-corrected chi connectivity index (χ4v) is 4.09. The molecule has 1 aliphatic rings. The first kappa shape index (κ1) is 19.3. The molecule has 27 heavy (non-hydrogen) atoms. The first-order chi connectivity index (χ1) is 13.0. The fourth-order valence-electron chi connectivity index (χ4n) is 2.88. The summed E-state index contributed by atoms with van der Waals surface area (Å²) in [5.41, 5.74) is 0. The Hall–Kier alpha value is -2.46. The molecule has 2 N–H and O–H groups in total. The predicted octanol–water partition coefficient (Wildman–Crippen LogP) is 1.61. The van der Waals surface area contributed by atoms with E-state index in [4.69, 9.17) is 4.74 Å². The van der Waals surface area contributed by atoms with Gasteiger partial charge in [0.05, 0.1) is 7.11 Å². The van der Waals surface area contributed by atoms with Crippen LogP contribution >= 0.6 is 0 Å². The SMILES string of the molecule is COc1ccc(F)cc1S(=O)(=O)NCCNc1cc(N2CCCC2)ncn1. The number of anilines is 2. The Labute approximate surface area is 157 Å². The van der Waals surface area contributed by atoms with E-state index >= 15 is 0 Å². The highest BCUT2D eigenvalue weighted by atomic mass is 32.2. The minimum absolute atomic E-state index is 0.0860. The zero-order valence-electron chi connectivity index (χ0n) is 15.0. The van der Waals surface area contributed by atoms with E-state index in [2.05, 4.69) is 24.9 Å². The molecule has 1 fully saturated rings. The molecule has 10 heteroatoms. The number of halogens is 1. The smallest absolute Gasteiger partial charge is 0.244 e. The second-order valence-electron chi connectivity index (χ2n) is 6.08. The number of nitrogens with zero attached hydrogens (tertiary/aromatic N) is 3. The fraction of sp³-hybridized carbons (Fsp3) is 0.412. The summed E-state index contributed by atoms with van der Waals surface area (Å²) in [5, 5.41) is 3.06. The van der Waals surface area contributed by atoms with Gasteiger partial charge in [0.1, 0.15) is 34.4 Å². The maximum Gasteiger partial charge on any atom is 0.244 e. The summed E-state index contributed by atoms with van der Waals surface area (Å²) < 4.78 is 45.6. The Bertz CT molecular complexity index is 888. The standard InChI is InChI=1S/C17H22FN5O3S/c1-26-14-5-4-13(18)10-15(14)27(24,25)22-7-6-19-16-11-17(21-12-20-16)23-8-2-3-9-23/h4-5,10-12,22H,2-3,6-9H2,1H3,(H,19,20,21). The minimum atomic E-state index is -3.90. The summed E-state index contributed by atoms with van der Waals surface area (Å²) in [6.45, 7) is 2.37. The Kier molecular flexibility index (Phi) is 6.07. The van der Waals surface area contributed by atoms with E-state index < -0.39 is 15.8 Å². The zero-order chi connectivity index (χ0) is 19.3. The highest BCUT2D eigenvalue weighted by Crippen LogP contribution is 2.24. The van der Waals surface area contributed by atoms with Gasteiger partial charge >= 0.3 is 0 Å². The van der Waals surface area contributed by atoms with Crippen molar-refractivity contribution in [3.8, 4) is 5.75 Å². The quantitative estimate of drug-likeness (QED) is 0.656. The first-order valence-corrected chi connectivity index (χ1v) is 10.1. The third kappa shape index (κ3) is 4.83. The molecule has 0 unspecified atom stereocenters. The lowest BCUT2D eigenvalue weighted by Crippen LogP contribution is -2.29. The molecule has 0 saturated carbocycles. The number of sulfonamides is 1. The minimum Gasteiger partial charge on any atom is -0.495 e. The van der Waals surface area contributed by atoms with Crippen LogP contribution in [0.4, 0.5) is 16.0 Å². The molecule has 0 spiro atoms. The molecule has 2 aromatic rings. The van der Waals surface area contributed by atoms with Gasteiger partial charge in [-0.3, -0.25) is 0 Å². The van der Waals surface area contributed by atoms with Crippen LogP contribution in [0.25, 0.3) is 0 Å². The maximum atomic E-state index is 13.4. The summed E-state index contributed by atoms with van der Waals surface area (Å²) >= 11 is 0. The Morgan fingerprint density at radius 2 is 1.96 bits per heavy atom. The summed E-state index contributed by atoms with van der Waals surface area (Å²) in [6.07, 6.45) is 3.79. The van der Waals surface area contributed by atoms with Crippen LogP contribution < -0.4 is 19.7 Å². The van der Waals surface area contributed by atoms with Gasteiger partial charge < -0.3 is 15.0 Å². The van der Waals surface area contributed by atoms with Crippen LogP contribution in [0.5, 0.6) is 5.75 Å². The molecule has 8 nitrogen and oxygen atoms in total. The number of ether oxygens (including phenoxy) is 1. The average molecular weight is 395 g/mol. The van der Waals surface area contributed by atoms with Gasteiger partial charge in [-0.25, -0.2) is 27.5 Å². The van der Waals surface area contributed by atoms with E-state index in [1.54, 1.807) is 0 Å². The van der Waals surface area contributed by atoms with Gasteiger partial charge in [-0.15, -0.1) is 0 Å². The summed E-state index contributed by atoms with van der Waals surface area (Å²) in [6, 6.07) is 5.20. The van der Waals surface area contributed by atoms with E-state index in [-0.39, 0.29) is 17.2 Å². The molecule has 0 radical (unpaired) electrons. The molecule has 2 heterocycles. The van der Waals surface area contributed by atoms with Crippen LogP contribution in [-0.4, -0.2) is 51.7 Å². The number of methoxy groups -OCH3 is 1. The average Bonchev–Trinajstić information content (AvgIpc) is 3.20. The molecule has 1 aromatic carbocycles. The highest BCUT2D eigenvalue weighted by molar-refractivity contribution is 7.89. The molecule has 1 aliphatic heterocycles. The van der Waals surface area contributed by atoms with Gasteiger partial charge in [-0.05, 0) is 31.0 Å². The van der Waals surface area contributed by atoms with Crippen LogP contribution in [0.2, 0.25) is 0 Å². The Morgan fingerprint density at radius 1 is 1.19 bits per heavy atom. The lowest BCUT2D eigenvalue weighted by Gasteiger charge is -2.16. The molecule has 0 bridgehead atoms. The number of benzene rings is 1. The van der Waals surface area contributed by atoms with Crippen LogP contribution in [0.15, 0.2) is 35.5 Å². The largest absolute Gasteiger partial charge is 0.495 e. The van der Waals surface area contributed by atoms with Gasteiger partial charge in [0.15, 0.2) is 0 Å². The van der Waals surface area contributed by atoms with Crippen LogP contribution in [-0.2, 0) is 10.0 Å². The molecular weight excluding hydrogens is 373 g/mol. The van der Waals surface area contributed by atoms with E-state index in [1.165, 1.54) is 19.5 Å². The van der Waals surface area contributed by atoms with Crippen molar-refractivity contribution < 1.29 is 17.5 Å². The molecule has 0 amide bonds. The first-order valence-electron chi connectivity index (χ1n) is 8.64. The number of aromatic nitrogens is 2. The van der Waals surface area contributed by atoms with Crippen molar-refractivity contribution in [3.63, 3.8) is 0 Å². The van der Waals surface area contributed by atoms with Gasteiger partial charge in [-0.2, -0.15) is 0 Å². The normalized spacial score (nSPS) is 14.4. The lowest BCUT2D eigenvalue weighted by atomic mass is 10.3. The molecular formula is C17H22FN5O3S. The maximum absolute atomic E-state index is 13.4. The van der Waals surface area contributed by atoms with E-state index in [1.807, 2.05) is 6.07 Å². The second-order valence-corrected chi connectivity index (χ2v) is 7.81. The highest BCUT2D eigenvalue weighted by Gasteiger charge is 2.20. The summed E-state index contributed by atoms with van der Waals surface area (Å²) in [4.78, 5) is 10.4. The Morgan fingerprint density at radius 3 is 2.70 bits per heavy atom. The number of nitrogens with one attached hydrogen (secondary N) is 2. The van der Waals surface area contributed by atoms with Crippen LogP contribution in [0.3, 0.4) is 0 Å². The van der Waals surface area contributed by atoms with E-state index in [0.29, 0.717) is 12.4 Å². The monoisotopic (exact) mass is 395 g/mol. The van der Waals surface area contributed by atoms with Crippen molar-refractivity contribution in [2.75, 3.05) is 43.5 Å². The van der Waals surface area contributed by atoms with Gasteiger partial charge in [0, 0.05) is 32.2 Å². The van der Waals surface area contributed by atoms with Gasteiger partial charge in [0.2, 0.25) is 10.0 Å². The van der Waals surface area contributed by atoms with E-state index in [9.17, 15) is 12.8 Å². The number of hydrogen-bond donors (Lipinski definition) is 2. The van der Waals surface area contributed by atoms with Crippen LogP contribution in [0.1, 0.15) is 12.8 Å². The molecule has 146 valence electrons. The molecule has 1 aromatic heterocycles. The van der Waals surface area contributed by atoms with Crippen molar-refractivity contribution in [1.29, 1.82) is 0 Å². The molecule has 3 rings (SSSR count). The Balaban J connectivity index is 1.57. The third-order valence-corrected chi connectivity index (χ3v) is 5.70. The molecule has 0 atom stereocenters. The van der Waals surface area contributed by atoms with Crippen molar-refractivity contribution in [3.05, 3.63) is 36.4 Å². The zero-order valence-corrected chi connectivity index (χ0v) is 15.8. The van der Waals surface area contributed by atoms with Crippen molar-refractivity contribution in [2.45, 2.75) is 17.7 Å². The third-order valence-electron chi connectivity index (χ3n) is 4.22. The van der Waals surface area contributed by atoms with Crippen molar-refractivity contribution in [1.82, 2.24) is 14.7 Å². The van der Waals surface area contributed by atoms with E-state index in [0.717, 1.165) is 43.9 Å². The molecule has 0 aliphatic carbocycles. The molecule has 1 saturated heterocycles. The predicted molar refractivity (Wildman–Crippen MR) is 100 cm³/mol. The number of hydrogen-bond acceptors (Lipinski definition) is 7. The van der Waals surface area contributed by atoms with Crippen molar-refractivity contribution in [2.24, 2.45) is 0 Å². The van der Waals surface area contributed by atoms with Gasteiger partial charge in [0.25, 0.3) is 0 Å². The topological polar surface area (TPSA) is 96.5 Å².